The number of nitrogens with zero attached hydrogens (tertiary/aromatic N) is 4. The molecule has 0 unspecified atom stereocenters. The first-order valence-electron chi connectivity index (χ1n) is 5.03. The summed E-state index contributed by atoms with van der Waals surface area (Å²) < 4.78 is 39.1. The van der Waals surface area contributed by atoms with Gasteiger partial charge in [0.1, 0.15) is 11.5 Å². The molecule has 0 fully saturated rings. The molecule has 96 valence electrons. The summed E-state index contributed by atoms with van der Waals surface area (Å²) in [5.74, 6) is 0.0580. The lowest BCUT2D eigenvalue weighted by molar-refractivity contribution is -0.141. The predicted octanol–water partition coefficient (Wildman–Crippen LogP) is 1.88. The van der Waals surface area contributed by atoms with Crippen LogP contribution in [0.15, 0.2) is 12.1 Å². The Morgan fingerprint density at radius 2 is 1.83 bits per heavy atom. The number of aryl methyl sites for hydroxylation is 2. The van der Waals surface area contributed by atoms with Gasteiger partial charge in [-0.25, -0.2) is 14.6 Å². The van der Waals surface area contributed by atoms with Crippen molar-refractivity contribution in [3.8, 4) is 5.95 Å². The number of aromatic nitrogens is 4. The minimum atomic E-state index is -4.52. The van der Waals surface area contributed by atoms with Crippen LogP contribution in [0.4, 0.5) is 19.0 Å². The van der Waals surface area contributed by atoms with Crippen LogP contribution in [0.25, 0.3) is 5.95 Å². The number of hydrogen-bond donors (Lipinski definition) is 1. The van der Waals surface area contributed by atoms with Crippen molar-refractivity contribution < 1.29 is 13.2 Å². The van der Waals surface area contributed by atoms with E-state index >= 15 is 0 Å². The maximum Gasteiger partial charge on any atom is 0.433 e. The molecule has 0 bridgehead atoms. The minimum absolute atomic E-state index is 0.142. The Morgan fingerprint density at radius 1 is 1.17 bits per heavy atom. The highest BCUT2D eigenvalue weighted by Crippen LogP contribution is 2.28. The lowest BCUT2D eigenvalue weighted by atomic mass is 10.3. The van der Waals surface area contributed by atoms with Gasteiger partial charge >= 0.3 is 6.18 Å². The summed E-state index contributed by atoms with van der Waals surface area (Å²) in [6.45, 7) is 3.12. The van der Waals surface area contributed by atoms with E-state index in [1.165, 1.54) is 17.7 Å². The summed E-state index contributed by atoms with van der Waals surface area (Å²) in [5, 5.41) is 3.85. The van der Waals surface area contributed by atoms with Crippen molar-refractivity contribution in [3.63, 3.8) is 0 Å². The number of nitrogens with two attached hydrogens (primary N) is 1. The first-order chi connectivity index (χ1) is 8.27. The first kappa shape index (κ1) is 12.3. The van der Waals surface area contributed by atoms with Crippen LogP contribution in [-0.2, 0) is 6.18 Å². The van der Waals surface area contributed by atoms with E-state index in [2.05, 4.69) is 15.1 Å². The van der Waals surface area contributed by atoms with E-state index < -0.39 is 11.9 Å². The van der Waals surface area contributed by atoms with Crippen molar-refractivity contribution in [3.05, 3.63) is 29.2 Å². The van der Waals surface area contributed by atoms with Gasteiger partial charge in [0.2, 0.25) is 0 Å². The summed E-state index contributed by atoms with van der Waals surface area (Å²) in [6.07, 6.45) is -4.52. The molecule has 5 nitrogen and oxygen atoms in total. The van der Waals surface area contributed by atoms with Gasteiger partial charge in [-0.3, -0.25) is 0 Å². The standard InChI is InChI=1S/C10H10F3N5/c1-5-3-7(10(11,12)13)16-9(15-5)18-6(2)4-8(14)17-18/h3-4H,1-2H3,(H2,14,17). The lowest BCUT2D eigenvalue weighted by Crippen LogP contribution is -2.14. The second kappa shape index (κ2) is 3.97. The SMILES string of the molecule is Cc1cc(C(F)(F)F)nc(-n2nc(N)cc2C)n1. The summed E-state index contributed by atoms with van der Waals surface area (Å²) >= 11 is 0. The molecule has 0 saturated heterocycles. The van der Waals surface area contributed by atoms with Gasteiger partial charge in [0.05, 0.1) is 0 Å². The Morgan fingerprint density at radius 3 is 2.33 bits per heavy atom. The molecule has 8 heteroatoms. The second-order valence-electron chi connectivity index (χ2n) is 3.81. The van der Waals surface area contributed by atoms with Gasteiger partial charge in [0, 0.05) is 17.5 Å². The first-order valence-corrected chi connectivity index (χ1v) is 5.03. The van der Waals surface area contributed by atoms with E-state index in [4.69, 9.17) is 5.73 Å². The number of halogens is 3. The van der Waals surface area contributed by atoms with Crippen LogP contribution in [-0.4, -0.2) is 19.7 Å². The van der Waals surface area contributed by atoms with Gasteiger partial charge in [0.15, 0.2) is 0 Å². The molecule has 18 heavy (non-hydrogen) atoms. The molecule has 0 aliphatic heterocycles. The van der Waals surface area contributed by atoms with Crippen molar-refractivity contribution in [1.82, 2.24) is 19.7 Å². The van der Waals surface area contributed by atoms with Gasteiger partial charge in [-0.1, -0.05) is 0 Å². The van der Waals surface area contributed by atoms with Crippen LogP contribution in [0.1, 0.15) is 17.1 Å². The van der Waals surface area contributed by atoms with Gasteiger partial charge in [-0.2, -0.15) is 13.2 Å². The van der Waals surface area contributed by atoms with Gasteiger partial charge < -0.3 is 5.73 Å². The van der Waals surface area contributed by atoms with Gasteiger partial charge in [-0.15, -0.1) is 5.10 Å². The van der Waals surface area contributed by atoms with Crippen LogP contribution in [0.2, 0.25) is 0 Å². The third kappa shape index (κ3) is 2.27. The van der Waals surface area contributed by atoms with Crippen molar-refractivity contribution in [2.75, 3.05) is 5.73 Å². The van der Waals surface area contributed by atoms with E-state index in [-0.39, 0.29) is 17.5 Å². The summed E-state index contributed by atoms with van der Waals surface area (Å²) in [7, 11) is 0. The largest absolute Gasteiger partial charge is 0.433 e. The number of rotatable bonds is 1. The number of alkyl halides is 3. The minimum Gasteiger partial charge on any atom is -0.382 e. The van der Waals surface area contributed by atoms with E-state index in [9.17, 15) is 13.2 Å². The molecule has 0 aliphatic rings. The highest BCUT2D eigenvalue weighted by Gasteiger charge is 2.33. The molecular formula is C10H10F3N5. The monoisotopic (exact) mass is 257 g/mol. The third-order valence-corrected chi connectivity index (χ3v) is 2.23. The van der Waals surface area contributed by atoms with E-state index in [1.54, 1.807) is 6.92 Å². The Bertz CT molecular complexity index is 588. The molecule has 0 atom stereocenters. The fourth-order valence-electron chi connectivity index (χ4n) is 1.49. The molecule has 2 aromatic heterocycles. The average Bonchev–Trinajstić information content (AvgIpc) is 2.55. The van der Waals surface area contributed by atoms with Gasteiger partial charge in [0.25, 0.3) is 5.95 Å². The van der Waals surface area contributed by atoms with E-state index in [0.29, 0.717) is 5.69 Å². The van der Waals surface area contributed by atoms with E-state index in [0.717, 1.165) is 6.07 Å². The highest BCUT2D eigenvalue weighted by molar-refractivity contribution is 5.33. The van der Waals surface area contributed by atoms with Gasteiger partial charge in [-0.05, 0) is 19.9 Å². The molecular weight excluding hydrogens is 247 g/mol. The predicted molar refractivity (Wildman–Crippen MR) is 58.0 cm³/mol. The zero-order valence-electron chi connectivity index (χ0n) is 9.65. The van der Waals surface area contributed by atoms with Crippen LogP contribution >= 0.6 is 0 Å². The Kier molecular flexibility index (Phi) is 2.72. The lowest BCUT2D eigenvalue weighted by Gasteiger charge is -2.09. The molecule has 0 amide bonds. The average molecular weight is 257 g/mol. The van der Waals surface area contributed by atoms with Crippen LogP contribution in [0.5, 0.6) is 0 Å². The Balaban J connectivity index is 2.59. The normalized spacial score (nSPS) is 11.8. The fraction of sp³-hybridized carbons (Fsp3) is 0.300. The molecule has 2 aromatic rings. The topological polar surface area (TPSA) is 69.6 Å². The van der Waals surface area contributed by atoms with Crippen molar-refractivity contribution >= 4 is 5.82 Å². The number of anilines is 1. The number of hydrogen-bond acceptors (Lipinski definition) is 4. The maximum absolute atomic E-state index is 12.6. The molecule has 0 radical (unpaired) electrons. The maximum atomic E-state index is 12.6. The van der Waals surface area contributed by atoms with Crippen LogP contribution in [0, 0.1) is 13.8 Å². The Labute approximate surface area is 100 Å². The smallest absolute Gasteiger partial charge is 0.382 e. The second-order valence-corrected chi connectivity index (χ2v) is 3.81. The molecule has 0 aliphatic carbocycles. The molecule has 0 saturated carbocycles. The summed E-state index contributed by atoms with van der Waals surface area (Å²) in [5.41, 5.74) is 5.24. The van der Waals surface area contributed by atoms with Crippen molar-refractivity contribution in [1.29, 1.82) is 0 Å². The Hall–Kier alpha value is -2.12. The zero-order valence-corrected chi connectivity index (χ0v) is 9.65. The molecule has 2 N–H and O–H groups in total. The molecule has 2 heterocycles. The van der Waals surface area contributed by atoms with Crippen LogP contribution in [0.3, 0.4) is 0 Å². The quantitative estimate of drug-likeness (QED) is 0.846. The zero-order chi connectivity index (χ0) is 13.5. The van der Waals surface area contributed by atoms with Crippen LogP contribution < -0.4 is 5.73 Å². The third-order valence-electron chi connectivity index (χ3n) is 2.23. The molecule has 0 aromatic carbocycles. The number of nitrogen functional groups attached to an aromatic ring is 1. The summed E-state index contributed by atoms with van der Waals surface area (Å²) in [4.78, 5) is 7.38. The molecule has 0 spiro atoms. The van der Waals surface area contributed by atoms with Crippen molar-refractivity contribution in [2.45, 2.75) is 20.0 Å². The summed E-state index contributed by atoms with van der Waals surface area (Å²) in [6, 6.07) is 2.41. The molecule has 2 rings (SSSR count). The fourth-order valence-corrected chi connectivity index (χ4v) is 1.49. The van der Waals surface area contributed by atoms with Crippen molar-refractivity contribution in [2.24, 2.45) is 0 Å². The van der Waals surface area contributed by atoms with E-state index in [1.807, 2.05) is 0 Å². The highest BCUT2D eigenvalue weighted by atomic mass is 19.4.